The van der Waals surface area contributed by atoms with Gasteiger partial charge in [-0.1, -0.05) is 13.8 Å². The Morgan fingerprint density at radius 1 is 1.44 bits per heavy atom. The van der Waals surface area contributed by atoms with Gasteiger partial charge in [0.15, 0.2) is 0 Å². The lowest BCUT2D eigenvalue weighted by molar-refractivity contribution is 0.0283. The van der Waals surface area contributed by atoms with Gasteiger partial charge < -0.3 is 14.4 Å². The van der Waals surface area contributed by atoms with E-state index in [-0.39, 0.29) is 0 Å². The standard InChI is InChI=1S/C12H23NO3/c1-10(2)8-15-12(14)16-9-11-5-4-6-13(3)7-11/h10-11H,4-9H2,1-3H3. The lowest BCUT2D eigenvalue weighted by atomic mass is 10.00. The molecule has 16 heavy (non-hydrogen) atoms. The number of hydrogen-bond acceptors (Lipinski definition) is 4. The second-order valence-corrected chi connectivity index (χ2v) is 5.04. The number of nitrogens with zero attached hydrogens (tertiary/aromatic N) is 1. The molecule has 0 radical (unpaired) electrons. The summed E-state index contributed by atoms with van der Waals surface area (Å²) < 4.78 is 10.0. The van der Waals surface area contributed by atoms with Gasteiger partial charge in [-0.25, -0.2) is 4.79 Å². The minimum Gasteiger partial charge on any atom is -0.434 e. The molecule has 1 fully saturated rings. The van der Waals surface area contributed by atoms with Crippen LogP contribution < -0.4 is 0 Å². The zero-order valence-corrected chi connectivity index (χ0v) is 10.6. The quantitative estimate of drug-likeness (QED) is 0.692. The number of carbonyl (C=O) groups is 1. The summed E-state index contributed by atoms with van der Waals surface area (Å²) in [5.41, 5.74) is 0. The van der Waals surface area contributed by atoms with Gasteiger partial charge in [0.1, 0.15) is 0 Å². The number of ether oxygens (including phenoxy) is 2. The molecule has 4 heteroatoms. The van der Waals surface area contributed by atoms with Crippen molar-refractivity contribution in [3.8, 4) is 0 Å². The highest BCUT2D eigenvalue weighted by Crippen LogP contribution is 2.15. The summed E-state index contributed by atoms with van der Waals surface area (Å²) in [7, 11) is 2.10. The lowest BCUT2D eigenvalue weighted by Gasteiger charge is -2.29. The molecule has 0 bridgehead atoms. The van der Waals surface area contributed by atoms with E-state index in [4.69, 9.17) is 9.47 Å². The average molecular weight is 229 g/mol. The van der Waals surface area contributed by atoms with E-state index in [0.29, 0.717) is 25.0 Å². The van der Waals surface area contributed by atoms with Crippen LogP contribution in [-0.4, -0.2) is 44.4 Å². The van der Waals surface area contributed by atoms with Gasteiger partial charge in [0, 0.05) is 12.5 Å². The molecule has 0 amide bonds. The number of piperidine rings is 1. The van der Waals surface area contributed by atoms with Gasteiger partial charge >= 0.3 is 6.16 Å². The molecular formula is C12H23NO3. The molecule has 0 aromatic rings. The number of likely N-dealkylation sites (tertiary alicyclic amines) is 1. The molecule has 1 rings (SSSR count). The molecule has 1 unspecified atom stereocenters. The van der Waals surface area contributed by atoms with Gasteiger partial charge in [0.25, 0.3) is 0 Å². The summed E-state index contributed by atoms with van der Waals surface area (Å²) in [6.45, 7) is 7.09. The van der Waals surface area contributed by atoms with E-state index in [9.17, 15) is 4.79 Å². The van der Waals surface area contributed by atoms with Gasteiger partial charge in [-0.3, -0.25) is 0 Å². The normalized spacial score (nSPS) is 22.1. The highest BCUT2D eigenvalue weighted by atomic mass is 16.7. The molecule has 1 aliphatic rings. The van der Waals surface area contributed by atoms with Crippen molar-refractivity contribution in [1.82, 2.24) is 4.90 Å². The Hall–Kier alpha value is -0.770. The third kappa shape index (κ3) is 5.35. The maximum absolute atomic E-state index is 11.2. The van der Waals surface area contributed by atoms with Crippen molar-refractivity contribution in [1.29, 1.82) is 0 Å². The zero-order chi connectivity index (χ0) is 12.0. The molecule has 0 N–H and O–H groups in total. The molecule has 1 heterocycles. The van der Waals surface area contributed by atoms with E-state index in [0.717, 1.165) is 19.5 Å². The summed E-state index contributed by atoms with van der Waals surface area (Å²) in [5.74, 6) is 0.818. The predicted octanol–water partition coefficient (Wildman–Crippen LogP) is 2.14. The molecule has 0 aliphatic carbocycles. The average Bonchev–Trinajstić information content (AvgIpc) is 2.23. The monoisotopic (exact) mass is 229 g/mol. The first-order chi connectivity index (χ1) is 7.58. The minimum absolute atomic E-state index is 0.355. The Bertz CT molecular complexity index is 218. The molecule has 1 aliphatic heterocycles. The van der Waals surface area contributed by atoms with E-state index in [1.807, 2.05) is 13.8 Å². The van der Waals surface area contributed by atoms with Crippen molar-refractivity contribution in [2.24, 2.45) is 11.8 Å². The van der Waals surface area contributed by atoms with Gasteiger partial charge in [-0.05, 0) is 32.4 Å². The fourth-order valence-corrected chi connectivity index (χ4v) is 1.87. The Labute approximate surface area is 97.9 Å². The molecule has 4 nitrogen and oxygen atoms in total. The first-order valence-electron chi connectivity index (χ1n) is 6.06. The summed E-state index contributed by atoms with van der Waals surface area (Å²) in [5, 5.41) is 0. The second kappa shape index (κ2) is 6.74. The van der Waals surface area contributed by atoms with E-state index >= 15 is 0 Å². The van der Waals surface area contributed by atoms with Crippen molar-refractivity contribution in [3.63, 3.8) is 0 Å². The molecule has 0 saturated carbocycles. The predicted molar refractivity (Wildman–Crippen MR) is 62.4 cm³/mol. The van der Waals surface area contributed by atoms with E-state index in [2.05, 4.69) is 11.9 Å². The van der Waals surface area contributed by atoms with Crippen LogP contribution in [0.2, 0.25) is 0 Å². The maximum Gasteiger partial charge on any atom is 0.508 e. The third-order valence-electron chi connectivity index (χ3n) is 2.69. The van der Waals surface area contributed by atoms with E-state index in [1.165, 1.54) is 6.42 Å². The molecule has 0 aromatic heterocycles. The van der Waals surface area contributed by atoms with Crippen LogP contribution in [0.4, 0.5) is 4.79 Å². The van der Waals surface area contributed by atoms with Crippen LogP contribution in [-0.2, 0) is 9.47 Å². The second-order valence-electron chi connectivity index (χ2n) is 5.04. The molecular weight excluding hydrogens is 206 g/mol. The highest BCUT2D eigenvalue weighted by molar-refractivity contribution is 5.59. The van der Waals surface area contributed by atoms with Crippen molar-refractivity contribution in [2.75, 3.05) is 33.4 Å². The summed E-state index contributed by atoms with van der Waals surface area (Å²) in [6, 6.07) is 0. The Morgan fingerprint density at radius 2 is 2.19 bits per heavy atom. The molecule has 1 saturated heterocycles. The zero-order valence-electron chi connectivity index (χ0n) is 10.6. The van der Waals surface area contributed by atoms with E-state index < -0.39 is 6.16 Å². The van der Waals surface area contributed by atoms with Crippen molar-refractivity contribution in [3.05, 3.63) is 0 Å². The summed E-state index contributed by atoms with van der Waals surface area (Å²) >= 11 is 0. The van der Waals surface area contributed by atoms with Gasteiger partial charge in [0.2, 0.25) is 0 Å². The first-order valence-corrected chi connectivity index (χ1v) is 6.06. The van der Waals surface area contributed by atoms with Gasteiger partial charge in [0.05, 0.1) is 13.2 Å². The third-order valence-corrected chi connectivity index (χ3v) is 2.69. The van der Waals surface area contributed by atoms with Crippen LogP contribution in [0.15, 0.2) is 0 Å². The molecule has 0 spiro atoms. The van der Waals surface area contributed by atoms with Crippen LogP contribution in [0.5, 0.6) is 0 Å². The number of rotatable bonds is 4. The van der Waals surface area contributed by atoms with Crippen LogP contribution in [0, 0.1) is 11.8 Å². The van der Waals surface area contributed by atoms with Gasteiger partial charge in [-0.15, -0.1) is 0 Å². The Kier molecular flexibility index (Phi) is 5.60. The Morgan fingerprint density at radius 3 is 2.81 bits per heavy atom. The topological polar surface area (TPSA) is 38.8 Å². The van der Waals surface area contributed by atoms with Crippen LogP contribution in [0.3, 0.4) is 0 Å². The molecule has 94 valence electrons. The fraction of sp³-hybridized carbons (Fsp3) is 0.917. The van der Waals surface area contributed by atoms with Gasteiger partial charge in [-0.2, -0.15) is 0 Å². The SMILES string of the molecule is CC(C)COC(=O)OCC1CCCN(C)C1. The Balaban J connectivity index is 2.11. The fourth-order valence-electron chi connectivity index (χ4n) is 1.87. The minimum atomic E-state index is -0.526. The summed E-state index contributed by atoms with van der Waals surface area (Å²) in [4.78, 5) is 13.5. The van der Waals surface area contributed by atoms with Crippen molar-refractivity contribution < 1.29 is 14.3 Å². The number of carbonyl (C=O) groups excluding carboxylic acids is 1. The van der Waals surface area contributed by atoms with Crippen molar-refractivity contribution in [2.45, 2.75) is 26.7 Å². The first kappa shape index (κ1) is 13.3. The molecule has 0 aromatic carbocycles. The van der Waals surface area contributed by atoms with Crippen molar-refractivity contribution >= 4 is 6.16 Å². The smallest absolute Gasteiger partial charge is 0.434 e. The summed E-state index contributed by atoms with van der Waals surface area (Å²) in [6.07, 6.45) is 1.80. The number of hydrogen-bond donors (Lipinski definition) is 0. The highest BCUT2D eigenvalue weighted by Gasteiger charge is 2.19. The van der Waals surface area contributed by atoms with Crippen LogP contribution >= 0.6 is 0 Å². The largest absolute Gasteiger partial charge is 0.508 e. The van der Waals surface area contributed by atoms with E-state index in [1.54, 1.807) is 0 Å². The molecule has 1 atom stereocenters. The van der Waals surface area contributed by atoms with Crippen LogP contribution in [0.1, 0.15) is 26.7 Å². The van der Waals surface area contributed by atoms with Crippen LogP contribution in [0.25, 0.3) is 0 Å². The lowest BCUT2D eigenvalue weighted by Crippen LogP contribution is -2.34. The maximum atomic E-state index is 11.2.